The van der Waals surface area contributed by atoms with E-state index in [0.29, 0.717) is 16.2 Å². The van der Waals surface area contributed by atoms with Crippen LogP contribution in [0.15, 0.2) is 12.2 Å². The molecule has 2 spiro atoms. The maximum Gasteiger partial charge on any atom is 0.302 e. The van der Waals surface area contributed by atoms with Crippen LogP contribution in [-0.2, 0) is 14.3 Å². The van der Waals surface area contributed by atoms with Crippen LogP contribution in [0.4, 0.5) is 0 Å². The second-order valence-corrected chi connectivity index (χ2v) is 12.1. The Bertz CT molecular complexity index is 914. The number of nitrogens with zero attached hydrogens (tertiary/aromatic N) is 1. The molecule has 28 heavy (non-hydrogen) atoms. The van der Waals surface area contributed by atoms with Gasteiger partial charge in [0.15, 0.2) is 0 Å². The number of Topliss-reactive ketones (excluding diaryl/α,β-unsaturated/α-hetero) is 1. The molecule has 9 rings (SSSR count). The Labute approximate surface area is 165 Å². The Morgan fingerprint density at radius 2 is 2.11 bits per heavy atom. The molecule has 150 valence electrons. The molecule has 9 aliphatic rings. The molecule has 0 unspecified atom stereocenters. The smallest absolute Gasteiger partial charge is 0.302 e. The van der Waals surface area contributed by atoms with Gasteiger partial charge in [-0.1, -0.05) is 19.1 Å². The normalized spacial score (nSPS) is 66.7. The van der Waals surface area contributed by atoms with E-state index in [-0.39, 0.29) is 52.1 Å². The van der Waals surface area contributed by atoms with Crippen LogP contribution in [0.5, 0.6) is 0 Å². The van der Waals surface area contributed by atoms with Crippen molar-refractivity contribution in [2.45, 2.75) is 63.8 Å². The Kier molecular flexibility index (Phi) is 2.38. The first-order valence-electron chi connectivity index (χ1n) is 11.0. The van der Waals surface area contributed by atoms with Crippen LogP contribution in [0.25, 0.3) is 0 Å². The van der Waals surface area contributed by atoms with Crippen LogP contribution >= 0.6 is 0 Å². The summed E-state index contributed by atoms with van der Waals surface area (Å²) in [6.07, 6.45) is 4.20. The molecule has 0 radical (unpaired) electrons. The summed E-state index contributed by atoms with van der Waals surface area (Å²) >= 11 is 0. The maximum atomic E-state index is 13.6. The molecule has 9 fully saturated rings. The highest BCUT2D eigenvalue weighted by atomic mass is 16.5. The Balaban J connectivity index is 1.50. The van der Waals surface area contributed by atoms with E-state index in [1.165, 1.54) is 6.92 Å². The number of rotatable bonds is 1. The van der Waals surface area contributed by atoms with Crippen molar-refractivity contribution in [3.63, 3.8) is 0 Å². The number of hydrogen-bond acceptors (Lipinski definition) is 4. The molecular weight excluding hydrogens is 354 g/mol. The fourth-order valence-electron chi connectivity index (χ4n) is 11.6. The number of carbonyl (C=O) groups is 2. The first-order valence-corrected chi connectivity index (χ1v) is 11.0. The van der Waals surface area contributed by atoms with Gasteiger partial charge in [0.2, 0.25) is 5.72 Å². The molecule has 0 aromatic carbocycles. The molecule has 3 aliphatic heterocycles. The summed E-state index contributed by atoms with van der Waals surface area (Å²) in [6.45, 7) is 9.01. The molecule has 1 N–H and O–H groups in total. The van der Waals surface area contributed by atoms with Gasteiger partial charge in [0.25, 0.3) is 0 Å². The lowest BCUT2D eigenvalue weighted by molar-refractivity contribution is -0.994. The van der Waals surface area contributed by atoms with Crippen molar-refractivity contribution < 1.29 is 23.9 Å². The molecule has 0 aromatic rings. The number of carbonyl (C=O) groups excluding carboxylic acids is 2. The van der Waals surface area contributed by atoms with Gasteiger partial charge in [-0.05, 0) is 31.6 Å². The van der Waals surface area contributed by atoms with Gasteiger partial charge in [-0.3, -0.25) is 14.1 Å². The number of hydrogen-bond donors (Lipinski definition) is 1. The van der Waals surface area contributed by atoms with Crippen LogP contribution in [0.2, 0.25) is 0 Å². The molecule has 3 saturated heterocycles. The summed E-state index contributed by atoms with van der Waals surface area (Å²) in [5, 5.41) is 12.3. The molecule has 5 heteroatoms. The third-order valence-corrected chi connectivity index (χ3v) is 11.1. The molecule has 6 aliphatic carbocycles. The highest BCUT2D eigenvalue weighted by Crippen LogP contribution is 2.90. The van der Waals surface area contributed by atoms with Crippen molar-refractivity contribution in [1.29, 1.82) is 0 Å². The van der Waals surface area contributed by atoms with E-state index in [1.54, 1.807) is 0 Å². The zero-order valence-electron chi connectivity index (χ0n) is 17.0. The number of quaternary nitrogens is 1. The van der Waals surface area contributed by atoms with Crippen LogP contribution in [0.1, 0.15) is 46.0 Å². The summed E-state index contributed by atoms with van der Waals surface area (Å²) in [5.41, 5.74) is 0.178. The SMILES string of the molecule is C=C1C[C@]23C[C@@]4(O)[C@@H]5[C@@]6(C)C[C@H](OC(C)=O)C[C@@]57[C@@H]2C[C@@H]1C(=O)[C@@H]3[C@H]7[N@+]4(C)C6. The van der Waals surface area contributed by atoms with Crippen LogP contribution < -0.4 is 0 Å². The van der Waals surface area contributed by atoms with Gasteiger partial charge in [0, 0.05) is 35.5 Å². The van der Waals surface area contributed by atoms with E-state index in [4.69, 9.17) is 4.74 Å². The molecule has 0 amide bonds. The quantitative estimate of drug-likeness (QED) is 0.427. The third-order valence-electron chi connectivity index (χ3n) is 11.1. The average Bonchev–Trinajstić information content (AvgIpc) is 2.83. The van der Waals surface area contributed by atoms with Gasteiger partial charge in [0.05, 0.1) is 25.4 Å². The van der Waals surface area contributed by atoms with Crippen molar-refractivity contribution in [1.82, 2.24) is 0 Å². The third kappa shape index (κ3) is 1.23. The van der Waals surface area contributed by atoms with E-state index >= 15 is 0 Å². The lowest BCUT2D eigenvalue weighted by Gasteiger charge is -2.63. The summed E-state index contributed by atoms with van der Waals surface area (Å²) in [7, 11) is 2.24. The number of aliphatic hydroxyl groups is 1. The summed E-state index contributed by atoms with van der Waals surface area (Å²) in [4.78, 5) is 25.4. The van der Waals surface area contributed by atoms with Crippen molar-refractivity contribution >= 4 is 11.8 Å². The monoisotopic (exact) mass is 384 g/mol. The van der Waals surface area contributed by atoms with Crippen molar-refractivity contribution in [3.05, 3.63) is 12.2 Å². The molecule has 11 atom stereocenters. The lowest BCUT2D eigenvalue weighted by Crippen LogP contribution is -2.71. The lowest BCUT2D eigenvalue weighted by atomic mass is 9.40. The zero-order chi connectivity index (χ0) is 19.6. The van der Waals surface area contributed by atoms with E-state index < -0.39 is 5.72 Å². The largest absolute Gasteiger partial charge is 0.463 e. The maximum absolute atomic E-state index is 13.6. The second kappa shape index (κ2) is 4.02. The van der Waals surface area contributed by atoms with Crippen LogP contribution in [-0.4, -0.2) is 52.8 Å². The Morgan fingerprint density at radius 1 is 1.36 bits per heavy atom. The predicted octanol–water partition coefficient (Wildman–Crippen LogP) is 2.04. The van der Waals surface area contributed by atoms with E-state index in [0.717, 1.165) is 44.2 Å². The highest BCUT2D eigenvalue weighted by Gasteiger charge is 2.98. The van der Waals surface area contributed by atoms with Crippen LogP contribution in [0.3, 0.4) is 0 Å². The summed E-state index contributed by atoms with van der Waals surface area (Å²) < 4.78 is 6.48. The van der Waals surface area contributed by atoms with Crippen molar-refractivity contribution in [3.8, 4) is 0 Å². The minimum absolute atomic E-state index is 0.0237. The minimum Gasteiger partial charge on any atom is -0.463 e. The fraction of sp³-hybridized carbons (Fsp3) is 0.826. The molecule has 0 aromatic heterocycles. The molecule has 5 nitrogen and oxygen atoms in total. The van der Waals surface area contributed by atoms with Gasteiger partial charge >= 0.3 is 5.97 Å². The number of allylic oxidation sites excluding steroid dienone is 1. The molecule has 6 saturated carbocycles. The first-order chi connectivity index (χ1) is 13.0. The topological polar surface area (TPSA) is 63.6 Å². The first kappa shape index (κ1) is 16.6. The second-order valence-electron chi connectivity index (χ2n) is 12.1. The van der Waals surface area contributed by atoms with Gasteiger partial charge in [-0.25, -0.2) is 0 Å². The number of ketones is 1. The molecule has 3 heterocycles. The Morgan fingerprint density at radius 3 is 2.82 bits per heavy atom. The van der Waals surface area contributed by atoms with Crippen molar-refractivity contribution in [2.24, 2.45) is 39.9 Å². The van der Waals surface area contributed by atoms with Gasteiger partial charge in [-0.15, -0.1) is 0 Å². The summed E-state index contributed by atoms with van der Waals surface area (Å²) in [6, 6.07) is 0.193. The van der Waals surface area contributed by atoms with Gasteiger partial charge in [-0.2, -0.15) is 0 Å². The number of piperidine rings is 2. The number of fused-ring (bicyclic) bond motifs is 1. The Hall–Kier alpha value is -1.20. The van der Waals surface area contributed by atoms with Crippen LogP contribution in [0, 0.1) is 39.9 Å². The van der Waals surface area contributed by atoms with Gasteiger partial charge in [0.1, 0.15) is 17.9 Å². The number of ether oxygens (including phenoxy) is 1. The van der Waals surface area contributed by atoms with E-state index in [1.807, 2.05) is 0 Å². The standard InChI is InChI=1S/C23H30NO4/c1-11-6-21-9-23(27)19-20(3)7-13(28-12(2)25)8-22(19)15(21)5-14(11)17(26)16(21)18(22)24(23,4)10-20/h13-16,18-19,27H,1,5-10H2,2-4H3/q+1/t13-,14-,15+,16+,18+,19+,20-,21-,22-,23+,24-/m0/s1. The van der Waals surface area contributed by atoms with Crippen molar-refractivity contribution in [2.75, 3.05) is 13.6 Å². The van der Waals surface area contributed by atoms with E-state index in [9.17, 15) is 14.7 Å². The van der Waals surface area contributed by atoms with E-state index in [2.05, 4.69) is 20.6 Å². The molecule has 9 bridgehead atoms. The average molecular weight is 384 g/mol. The fourth-order valence-corrected chi connectivity index (χ4v) is 11.6. The zero-order valence-corrected chi connectivity index (χ0v) is 17.0. The number of esters is 1. The molecular formula is C23H30NO4+. The summed E-state index contributed by atoms with van der Waals surface area (Å²) in [5.74, 6) is 0.984. The minimum atomic E-state index is -0.738. The predicted molar refractivity (Wildman–Crippen MR) is 99.5 cm³/mol. The highest BCUT2D eigenvalue weighted by molar-refractivity contribution is 5.91. The van der Waals surface area contributed by atoms with Gasteiger partial charge < -0.3 is 9.84 Å².